The first-order chi connectivity index (χ1) is 4.25. The largest absolute Gasteiger partial charge is 0.396 e. The molecule has 1 saturated carbocycles. The molecule has 0 heterocycles. The van der Waals surface area contributed by atoms with Crippen molar-refractivity contribution in [3.05, 3.63) is 0 Å². The first-order valence-electron chi connectivity index (χ1n) is 3.86. The summed E-state index contributed by atoms with van der Waals surface area (Å²) in [6.45, 7) is 4.82. The van der Waals surface area contributed by atoms with Gasteiger partial charge >= 0.3 is 0 Å². The Kier molecular flexibility index (Phi) is 1.80. The normalized spacial score (nSPS) is 41.0. The van der Waals surface area contributed by atoms with Crippen LogP contribution in [0.3, 0.4) is 0 Å². The van der Waals surface area contributed by atoms with E-state index in [0.717, 1.165) is 5.92 Å². The number of aliphatic hydroxyl groups excluding tert-OH is 1. The van der Waals surface area contributed by atoms with Gasteiger partial charge in [0.05, 0.1) is 0 Å². The molecule has 0 bridgehead atoms. The molecular weight excluding hydrogens is 112 g/mol. The van der Waals surface area contributed by atoms with Crippen LogP contribution in [0, 0.1) is 11.3 Å². The van der Waals surface area contributed by atoms with Crippen molar-refractivity contribution < 1.29 is 5.11 Å². The molecule has 2 atom stereocenters. The summed E-state index contributed by atoms with van der Waals surface area (Å²) in [6, 6.07) is 0. The zero-order chi connectivity index (χ0) is 6.91. The molecule has 1 heteroatoms. The predicted molar refractivity (Wildman–Crippen MR) is 38.2 cm³/mol. The van der Waals surface area contributed by atoms with Gasteiger partial charge in [0, 0.05) is 6.61 Å². The standard InChI is InChI=1S/C8H16O/c1-3-4-8(6-9)5-7(8)2/h7,9H,3-6H2,1-2H3. The molecule has 0 aliphatic heterocycles. The van der Waals surface area contributed by atoms with Crippen LogP contribution in [0.1, 0.15) is 33.1 Å². The molecule has 54 valence electrons. The Hall–Kier alpha value is -0.0400. The zero-order valence-corrected chi connectivity index (χ0v) is 6.35. The molecule has 0 spiro atoms. The molecule has 2 unspecified atom stereocenters. The first kappa shape index (κ1) is 7.07. The summed E-state index contributed by atoms with van der Waals surface area (Å²) < 4.78 is 0. The minimum absolute atomic E-state index is 0.356. The van der Waals surface area contributed by atoms with Gasteiger partial charge in [0.15, 0.2) is 0 Å². The SMILES string of the molecule is CCCC1(CO)CC1C. The Morgan fingerprint density at radius 2 is 2.22 bits per heavy atom. The van der Waals surface area contributed by atoms with Crippen molar-refractivity contribution in [3.63, 3.8) is 0 Å². The summed E-state index contributed by atoms with van der Waals surface area (Å²) in [7, 11) is 0. The lowest BCUT2D eigenvalue weighted by Crippen LogP contribution is -2.07. The third-order valence-corrected chi connectivity index (χ3v) is 2.66. The molecule has 1 aliphatic carbocycles. The molecule has 0 amide bonds. The van der Waals surface area contributed by atoms with Gasteiger partial charge in [0.1, 0.15) is 0 Å². The highest BCUT2D eigenvalue weighted by Crippen LogP contribution is 2.54. The van der Waals surface area contributed by atoms with Gasteiger partial charge in [-0.25, -0.2) is 0 Å². The lowest BCUT2D eigenvalue weighted by molar-refractivity contribution is 0.191. The maximum absolute atomic E-state index is 8.96. The lowest BCUT2D eigenvalue weighted by Gasteiger charge is -2.09. The van der Waals surface area contributed by atoms with E-state index in [4.69, 9.17) is 5.11 Å². The average molecular weight is 128 g/mol. The van der Waals surface area contributed by atoms with E-state index in [1.165, 1.54) is 19.3 Å². The minimum Gasteiger partial charge on any atom is -0.396 e. The molecule has 0 aromatic rings. The first-order valence-corrected chi connectivity index (χ1v) is 3.86. The Morgan fingerprint density at radius 1 is 1.67 bits per heavy atom. The second kappa shape index (κ2) is 2.30. The van der Waals surface area contributed by atoms with E-state index in [2.05, 4.69) is 13.8 Å². The highest BCUT2D eigenvalue weighted by molar-refractivity contribution is 4.98. The summed E-state index contributed by atoms with van der Waals surface area (Å²) in [5.74, 6) is 0.780. The van der Waals surface area contributed by atoms with Crippen molar-refractivity contribution in [2.24, 2.45) is 11.3 Å². The van der Waals surface area contributed by atoms with E-state index >= 15 is 0 Å². The van der Waals surface area contributed by atoms with Crippen molar-refractivity contribution in [2.45, 2.75) is 33.1 Å². The van der Waals surface area contributed by atoms with Gasteiger partial charge in [-0.3, -0.25) is 0 Å². The quantitative estimate of drug-likeness (QED) is 0.614. The van der Waals surface area contributed by atoms with Gasteiger partial charge < -0.3 is 5.11 Å². The van der Waals surface area contributed by atoms with E-state index in [1.807, 2.05) is 0 Å². The van der Waals surface area contributed by atoms with Crippen LogP contribution in [-0.4, -0.2) is 11.7 Å². The Balaban J connectivity index is 2.33. The van der Waals surface area contributed by atoms with Crippen LogP contribution >= 0.6 is 0 Å². The summed E-state index contributed by atoms with van der Waals surface area (Å²) >= 11 is 0. The van der Waals surface area contributed by atoms with Crippen molar-refractivity contribution in [1.29, 1.82) is 0 Å². The number of aliphatic hydroxyl groups is 1. The molecule has 0 aromatic heterocycles. The molecule has 0 saturated heterocycles. The zero-order valence-electron chi connectivity index (χ0n) is 6.35. The molecule has 0 aromatic carbocycles. The Morgan fingerprint density at radius 3 is 2.33 bits per heavy atom. The van der Waals surface area contributed by atoms with Crippen molar-refractivity contribution in [1.82, 2.24) is 0 Å². The van der Waals surface area contributed by atoms with Gasteiger partial charge in [0.2, 0.25) is 0 Å². The summed E-state index contributed by atoms with van der Waals surface area (Å²) in [5.41, 5.74) is 0.356. The van der Waals surface area contributed by atoms with Crippen molar-refractivity contribution in [2.75, 3.05) is 6.61 Å². The average Bonchev–Trinajstić information content (AvgIpc) is 2.45. The highest BCUT2D eigenvalue weighted by atomic mass is 16.3. The van der Waals surface area contributed by atoms with E-state index in [0.29, 0.717) is 12.0 Å². The second-order valence-electron chi connectivity index (χ2n) is 3.38. The highest BCUT2D eigenvalue weighted by Gasteiger charge is 2.49. The van der Waals surface area contributed by atoms with Gasteiger partial charge in [-0.15, -0.1) is 0 Å². The fourth-order valence-corrected chi connectivity index (χ4v) is 1.70. The summed E-state index contributed by atoms with van der Waals surface area (Å²) in [4.78, 5) is 0. The van der Waals surface area contributed by atoms with Gasteiger partial charge in [-0.2, -0.15) is 0 Å². The maximum Gasteiger partial charge on any atom is 0.0490 e. The summed E-state index contributed by atoms with van der Waals surface area (Å²) in [6.07, 6.45) is 3.67. The third-order valence-electron chi connectivity index (χ3n) is 2.66. The maximum atomic E-state index is 8.96. The lowest BCUT2D eigenvalue weighted by atomic mass is 9.99. The van der Waals surface area contributed by atoms with Crippen LogP contribution in [0.4, 0.5) is 0 Å². The molecule has 0 radical (unpaired) electrons. The Labute approximate surface area is 57.1 Å². The van der Waals surface area contributed by atoms with Crippen LogP contribution in [0.2, 0.25) is 0 Å². The number of hydrogen-bond donors (Lipinski definition) is 1. The minimum atomic E-state index is 0.356. The van der Waals surface area contributed by atoms with Crippen LogP contribution < -0.4 is 0 Å². The molecule has 1 nitrogen and oxygen atoms in total. The monoisotopic (exact) mass is 128 g/mol. The molecule has 1 rings (SSSR count). The summed E-state index contributed by atoms with van der Waals surface area (Å²) in [5, 5.41) is 8.96. The van der Waals surface area contributed by atoms with E-state index < -0.39 is 0 Å². The smallest absolute Gasteiger partial charge is 0.0490 e. The number of hydrogen-bond acceptors (Lipinski definition) is 1. The van der Waals surface area contributed by atoms with Gasteiger partial charge in [0.25, 0.3) is 0 Å². The van der Waals surface area contributed by atoms with Gasteiger partial charge in [-0.05, 0) is 24.2 Å². The topological polar surface area (TPSA) is 20.2 Å². The van der Waals surface area contributed by atoms with Gasteiger partial charge in [-0.1, -0.05) is 20.3 Å². The predicted octanol–water partition coefficient (Wildman–Crippen LogP) is 1.80. The molecule has 9 heavy (non-hydrogen) atoms. The fraction of sp³-hybridized carbons (Fsp3) is 1.00. The number of rotatable bonds is 3. The van der Waals surface area contributed by atoms with E-state index in [-0.39, 0.29) is 0 Å². The van der Waals surface area contributed by atoms with Crippen LogP contribution in [0.25, 0.3) is 0 Å². The van der Waals surface area contributed by atoms with Crippen LogP contribution in [0.15, 0.2) is 0 Å². The third kappa shape index (κ3) is 1.11. The van der Waals surface area contributed by atoms with E-state index in [1.54, 1.807) is 0 Å². The van der Waals surface area contributed by atoms with E-state index in [9.17, 15) is 0 Å². The van der Waals surface area contributed by atoms with Crippen LogP contribution in [-0.2, 0) is 0 Å². The van der Waals surface area contributed by atoms with Crippen molar-refractivity contribution >= 4 is 0 Å². The second-order valence-corrected chi connectivity index (χ2v) is 3.38. The molecule has 1 aliphatic rings. The fourth-order valence-electron chi connectivity index (χ4n) is 1.70. The molecule has 1 fully saturated rings. The van der Waals surface area contributed by atoms with Crippen LogP contribution in [0.5, 0.6) is 0 Å². The molecular formula is C8H16O. The van der Waals surface area contributed by atoms with Crippen molar-refractivity contribution in [3.8, 4) is 0 Å². The molecule has 1 N–H and O–H groups in total. The Bertz CT molecular complexity index is 96.7.